The Bertz CT molecular complexity index is 717. The first-order chi connectivity index (χ1) is 11.0. The number of anilines is 1. The van der Waals surface area contributed by atoms with E-state index in [1.165, 1.54) is 22.2 Å². The van der Waals surface area contributed by atoms with Gasteiger partial charge < -0.3 is 15.2 Å². The zero-order chi connectivity index (χ0) is 16.6. The van der Waals surface area contributed by atoms with E-state index in [1.807, 2.05) is 6.26 Å². The second-order valence-corrected chi connectivity index (χ2v) is 8.10. The monoisotopic (exact) mass is 353 g/mol. The lowest BCUT2D eigenvalue weighted by Gasteiger charge is -2.33. The van der Waals surface area contributed by atoms with Gasteiger partial charge in [0.15, 0.2) is 5.16 Å². The molecule has 0 fully saturated rings. The summed E-state index contributed by atoms with van der Waals surface area (Å²) in [5.41, 5.74) is 1.18. The number of nitrogens with one attached hydrogen (secondary N) is 1. The number of thioether (sulfide) groups is 1. The lowest BCUT2D eigenvalue weighted by atomic mass is 9.90. The molecule has 1 aliphatic rings. The fraction of sp³-hybridized carbons (Fsp3) is 0.625. The lowest BCUT2D eigenvalue weighted by Crippen LogP contribution is -2.34. The van der Waals surface area contributed by atoms with E-state index < -0.39 is 6.10 Å². The molecule has 0 aliphatic carbocycles. The first-order valence-electron chi connectivity index (χ1n) is 7.88. The SMILES string of the molecule is CC[C@]1(C)Cc2c(sc3nc(SC)nc(NC[C@@H](C)O)c23)CO1. The lowest BCUT2D eigenvalue weighted by molar-refractivity contribution is -0.0542. The van der Waals surface area contributed by atoms with E-state index in [4.69, 9.17) is 4.74 Å². The highest BCUT2D eigenvalue weighted by Gasteiger charge is 2.33. The molecule has 0 aromatic carbocycles. The van der Waals surface area contributed by atoms with Crippen LogP contribution in [-0.4, -0.2) is 39.6 Å². The van der Waals surface area contributed by atoms with Gasteiger partial charge >= 0.3 is 0 Å². The van der Waals surface area contributed by atoms with Crippen molar-refractivity contribution in [2.75, 3.05) is 18.1 Å². The van der Waals surface area contributed by atoms with Crippen molar-refractivity contribution in [3.8, 4) is 0 Å². The molecule has 7 heteroatoms. The molecule has 1 aliphatic heterocycles. The van der Waals surface area contributed by atoms with Gasteiger partial charge in [0.25, 0.3) is 0 Å². The van der Waals surface area contributed by atoms with Crippen molar-refractivity contribution in [1.82, 2.24) is 9.97 Å². The van der Waals surface area contributed by atoms with Crippen molar-refractivity contribution in [2.24, 2.45) is 0 Å². The zero-order valence-corrected chi connectivity index (χ0v) is 15.6. The largest absolute Gasteiger partial charge is 0.392 e. The van der Waals surface area contributed by atoms with Gasteiger partial charge in [-0.3, -0.25) is 0 Å². The molecule has 0 saturated heterocycles. The molecular weight excluding hydrogens is 330 g/mol. The van der Waals surface area contributed by atoms with Crippen LogP contribution in [-0.2, 0) is 17.8 Å². The Labute approximate surface area is 144 Å². The third kappa shape index (κ3) is 3.33. The Morgan fingerprint density at radius 3 is 2.91 bits per heavy atom. The second kappa shape index (κ2) is 6.55. The van der Waals surface area contributed by atoms with Crippen LogP contribution in [0, 0.1) is 0 Å². The minimum atomic E-state index is -0.420. The summed E-state index contributed by atoms with van der Waals surface area (Å²) >= 11 is 3.23. The Morgan fingerprint density at radius 1 is 1.48 bits per heavy atom. The molecule has 0 unspecified atom stereocenters. The van der Waals surface area contributed by atoms with Crippen LogP contribution in [0.1, 0.15) is 37.6 Å². The zero-order valence-electron chi connectivity index (χ0n) is 14.0. The van der Waals surface area contributed by atoms with E-state index in [9.17, 15) is 5.11 Å². The summed E-state index contributed by atoms with van der Waals surface area (Å²) in [4.78, 5) is 11.6. The standard InChI is InChI=1S/C16H23N3O2S2/c1-5-16(3)6-10-11(8-21-16)23-14-12(10)13(17-7-9(2)20)18-15(19-14)22-4/h9,20H,5-8H2,1-4H3,(H,17,18,19)/t9-,16-/m1/s1. The number of hydrogen-bond donors (Lipinski definition) is 2. The fourth-order valence-corrected chi connectivity index (χ4v) is 4.27. The maximum Gasteiger partial charge on any atom is 0.190 e. The van der Waals surface area contributed by atoms with Crippen molar-refractivity contribution < 1.29 is 9.84 Å². The predicted molar refractivity (Wildman–Crippen MR) is 96.6 cm³/mol. The predicted octanol–water partition coefficient (Wildman–Crippen LogP) is 3.45. The van der Waals surface area contributed by atoms with Crippen molar-refractivity contribution in [1.29, 1.82) is 0 Å². The first kappa shape index (κ1) is 17.0. The minimum Gasteiger partial charge on any atom is -0.392 e. The first-order valence-corrected chi connectivity index (χ1v) is 9.92. The number of rotatable bonds is 5. The number of aliphatic hydroxyl groups is 1. The molecule has 2 N–H and O–H groups in total. The van der Waals surface area contributed by atoms with Gasteiger partial charge in [0.05, 0.1) is 23.7 Å². The van der Waals surface area contributed by atoms with E-state index >= 15 is 0 Å². The number of nitrogens with zero attached hydrogens (tertiary/aromatic N) is 2. The third-order valence-electron chi connectivity index (χ3n) is 4.31. The average Bonchev–Trinajstić information content (AvgIpc) is 2.89. The molecule has 0 spiro atoms. The number of hydrogen-bond acceptors (Lipinski definition) is 7. The van der Waals surface area contributed by atoms with E-state index in [-0.39, 0.29) is 5.60 Å². The van der Waals surface area contributed by atoms with Crippen molar-refractivity contribution in [3.05, 3.63) is 10.4 Å². The Morgan fingerprint density at radius 2 is 2.26 bits per heavy atom. The molecule has 3 heterocycles. The van der Waals surface area contributed by atoms with E-state index in [0.29, 0.717) is 13.2 Å². The summed E-state index contributed by atoms with van der Waals surface area (Å²) in [5.74, 6) is 0.832. The number of ether oxygens (including phenoxy) is 1. The molecule has 0 amide bonds. The normalized spacial score (nSPS) is 22.1. The molecule has 0 bridgehead atoms. The van der Waals surface area contributed by atoms with Crippen LogP contribution in [0.15, 0.2) is 5.16 Å². The third-order valence-corrected chi connectivity index (χ3v) is 5.96. The molecular formula is C16H23N3O2S2. The second-order valence-electron chi connectivity index (χ2n) is 6.24. The van der Waals surface area contributed by atoms with Gasteiger partial charge in [-0.1, -0.05) is 18.7 Å². The highest BCUT2D eigenvalue weighted by Crippen LogP contribution is 2.42. The summed E-state index contributed by atoms with van der Waals surface area (Å²) in [7, 11) is 0. The van der Waals surface area contributed by atoms with Crippen LogP contribution >= 0.6 is 23.1 Å². The summed E-state index contributed by atoms with van der Waals surface area (Å²) in [5, 5.41) is 14.7. The van der Waals surface area contributed by atoms with E-state index in [1.54, 1.807) is 18.3 Å². The molecule has 0 saturated carbocycles. The molecule has 126 valence electrons. The summed E-state index contributed by atoms with van der Waals surface area (Å²) in [6, 6.07) is 0. The van der Waals surface area contributed by atoms with Gasteiger partial charge in [0, 0.05) is 17.8 Å². The number of aliphatic hydroxyl groups excluding tert-OH is 1. The topological polar surface area (TPSA) is 67.3 Å². The van der Waals surface area contributed by atoms with Crippen LogP contribution in [0.25, 0.3) is 10.2 Å². The highest BCUT2D eigenvalue weighted by atomic mass is 32.2. The smallest absolute Gasteiger partial charge is 0.190 e. The maximum absolute atomic E-state index is 9.59. The number of fused-ring (bicyclic) bond motifs is 3. The number of aromatic nitrogens is 2. The average molecular weight is 354 g/mol. The maximum atomic E-state index is 9.59. The van der Waals surface area contributed by atoms with Crippen molar-refractivity contribution >= 4 is 39.1 Å². The number of thiophene rings is 1. The van der Waals surface area contributed by atoms with E-state index in [2.05, 4.69) is 29.1 Å². The van der Waals surface area contributed by atoms with Crippen molar-refractivity contribution in [2.45, 2.75) is 57.1 Å². The van der Waals surface area contributed by atoms with Gasteiger partial charge in [-0.25, -0.2) is 9.97 Å². The summed E-state index contributed by atoms with van der Waals surface area (Å²) in [6.45, 7) is 7.22. The Balaban J connectivity index is 2.11. The van der Waals surface area contributed by atoms with Crippen LogP contribution in [0.5, 0.6) is 0 Å². The summed E-state index contributed by atoms with van der Waals surface area (Å²) in [6.07, 6.45) is 3.41. The van der Waals surface area contributed by atoms with Gasteiger partial charge in [-0.15, -0.1) is 11.3 Å². The van der Waals surface area contributed by atoms with E-state index in [0.717, 1.165) is 34.0 Å². The molecule has 3 rings (SSSR count). The van der Waals surface area contributed by atoms with Crippen LogP contribution in [0.3, 0.4) is 0 Å². The molecule has 0 radical (unpaired) electrons. The quantitative estimate of drug-likeness (QED) is 0.634. The Hall–Kier alpha value is -0.890. The molecule has 2 aromatic heterocycles. The minimum absolute atomic E-state index is 0.124. The highest BCUT2D eigenvalue weighted by molar-refractivity contribution is 7.98. The van der Waals surface area contributed by atoms with Gasteiger partial charge in [0.2, 0.25) is 0 Å². The van der Waals surface area contributed by atoms with Crippen LogP contribution in [0.2, 0.25) is 0 Å². The van der Waals surface area contributed by atoms with Crippen molar-refractivity contribution in [3.63, 3.8) is 0 Å². The molecule has 2 atom stereocenters. The van der Waals surface area contributed by atoms with Gasteiger partial charge in [0.1, 0.15) is 10.6 Å². The van der Waals surface area contributed by atoms with Gasteiger partial charge in [-0.05, 0) is 32.1 Å². The molecule has 5 nitrogen and oxygen atoms in total. The molecule has 2 aromatic rings. The van der Waals surface area contributed by atoms with Gasteiger partial charge in [-0.2, -0.15) is 0 Å². The van der Waals surface area contributed by atoms with Crippen LogP contribution < -0.4 is 5.32 Å². The fourth-order valence-electron chi connectivity index (χ4n) is 2.74. The Kier molecular flexibility index (Phi) is 4.83. The molecule has 23 heavy (non-hydrogen) atoms. The van der Waals surface area contributed by atoms with Crippen LogP contribution in [0.4, 0.5) is 5.82 Å². The summed E-state index contributed by atoms with van der Waals surface area (Å²) < 4.78 is 6.06.